The van der Waals surface area contributed by atoms with Gasteiger partial charge in [-0.3, -0.25) is 9.59 Å². The topological polar surface area (TPSA) is 52.6 Å². The van der Waals surface area contributed by atoms with Gasteiger partial charge in [0.2, 0.25) is 0 Å². The Labute approximate surface area is 106 Å². The molecule has 18 heavy (non-hydrogen) atoms. The van der Waals surface area contributed by atoms with Crippen LogP contribution in [-0.2, 0) is 19.1 Å². The van der Waals surface area contributed by atoms with Gasteiger partial charge >= 0.3 is 5.97 Å². The van der Waals surface area contributed by atoms with Crippen molar-refractivity contribution in [2.45, 2.75) is 44.6 Å². The van der Waals surface area contributed by atoms with Crippen molar-refractivity contribution in [1.29, 1.82) is 0 Å². The molecule has 4 heteroatoms. The normalized spacial score (nSPS) is 34.7. The van der Waals surface area contributed by atoms with E-state index in [0.29, 0.717) is 12.8 Å². The van der Waals surface area contributed by atoms with Gasteiger partial charge in [0.15, 0.2) is 5.78 Å². The lowest BCUT2D eigenvalue weighted by Gasteiger charge is -2.26. The van der Waals surface area contributed by atoms with E-state index in [2.05, 4.69) is 0 Å². The highest BCUT2D eigenvalue weighted by Crippen LogP contribution is 2.45. The molecular weight excluding hydrogens is 232 g/mol. The molecule has 2 aliphatic carbocycles. The second kappa shape index (κ2) is 4.41. The number of carbonyl (C=O) groups excluding carboxylic acids is 2. The van der Waals surface area contributed by atoms with E-state index in [9.17, 15) is 9.59 Å². The third-order valence-corrected chi connectivity index (χ3v) is 4.40. The maximum Gasteiger partial charge on any atom is 0.316 e. The number of carbonyl (C=O) groups is 2. The molecule has 0 aromatic heterocycles. The van der Waals surface area contributed by atoms with Gasteiger partial charge in [-0.25, -0.2) is 0 Å². The predicted octanol–water partition coefficient (Wildman–Crippen LogP) is 1.98. The van der Waals surface area contributed by atoms with Gasteiger partial charge in [0.05, 0.1) is 7.11 Å². The Morgan fingerprint density at radius 1 is 1.28 bits per heavy atom. The third-order valence-electron chi connectivity index (χ3n) is 4.40. The van der Waals surface area contributed by atoms with Crippen LogP contribution >= 0.6 is 0 Å². The number of allylic oxidation sites excluding steroid dienone is 1. The van der Waals surface area contributed by atoms with Crippen LogP contribution in [0, 0.1) is 11.8 Å². The highest BCUT2D eigenvalue weighted by molar-refractivity contribution is 6.09. The first kappa shape index (κ1) is 11.8. The first-order valence-corrected chi connectivity index (χ1v) is 6.74. The Morgan fingerprint density at radius 3 is 2.83 bits per heavy atom. The van der Waals surface area contributed by atoms with Crippen LogP contribution in [0.25, 0.3) is 0 Å². The molecule has 0 aromatic carbocycles. The molecule has 98 valence electrons. The van der Waals surface area contributed by atoms with Gasteiger partial charge in [0.1, 0.15) is 17.8 Å². The van der Waals surface area contributed by atoms with Gasteiger partial charge in [-0.15, -0.1) is 0 Å². The maximum absolute atomic E-state index is 12.4. The van der Waals surface area contributed by atoms with Crippen molar-refractivity contribution in [2.75, 3.05) is 7.11 Å². The average Bonchev–Trinajstić information content (AvgIpc) is 2.77. The number of ketones is 1. The summed E-state index contributed by atoms with van der Waals surface area (Å²) < 4.78 is 10.6. The van der Waals surface area contributed by atoms with Crippen LogP contribution in [0.5, 0.6) is 0 Å². The Bertz CT molecular complexity index is 424. The Hall–Kier alpha value is -1.32. The van der Waals surface area contributed by atoms with Crippen molar-refractivity contribution in [3.8, 4) is 0 Å². The summed E-state index contributed by atoms with van der Waals surface area (Å²) in [5.74, 6) is 0.0482. The van der Waals surface area contributed by atoms with Crippen molar-refractivity contribution in [3.63, 3.8) is 0 Å². The molecule has 3 aliphatic rings. The third kappa shape index (κ3) is 1.66. The molecule has 0 saturated heterocycles. The van der Waals surface area contributed by atoms with Crippen molar-refractivity contribution < 1.29 is 19.1 Å². The van der Waals surface area contributed by atoms with E-state index in [-0.39, 0.29) is 17.8 Å². The minimum atomic E-state index is -0.599. The molecule has 1 fully saturated rings. The molecule has 3 unspecified atom stereocenters. The quantitative estimate of drug-likeness (QED) is 0.527. The first-order chi connectivity index (χ1) is 8.72. The number of rotatable bonds is 1. The number of hydrogen-bond donors (Lipinski definition) is 0. The van der Waals surface area contributed by atoms with Gasteiger partial charge in [0, 0.05) is 17.9 Å². The fraction of sp³-hybridized carbons (Fsp3) is 0.714. The molecule has 0 radical (unpaired) electrons. The first-order valence-electron chi connectivity index (χ1n) is 6.74. The summed E-state index contributed by atoms with van der Waals surface area (Å²) in [4.78, 5) is 24.0. The van der Waals surface area contributed by atoms with Crippen molar-refractivity contribution in [2.24, 2.45) is 11.8 Å². The summed E-state index contributed by atoms with van der Waals surface area (Å²) in [5, 5.41) is 0. The Morgan fingerprint density at radius 2 is 2.06 bits per heavy atom. The molecule has 4 nitrogen and oxygen atoms in total. The lowest BCUT2D eigenvalue weighted by atomic mass is 9.76. The van der Waals surface area contributed by atoms with Crippen molar-refractivity contribution >= 4 is 11.8 Å². The zero-order valence-corrected chi connectivity index (χ0v) is 10.6. The Kier molecular flexibility index (Phi) is 2.88. The van der Waals surface area contributed by atoms with Crippen molar-refractivity contribution in [3.05, 3.63) is 11.3 Å². The lowest BCUT2D eigenvalue weighted by molar-refractivity contribution is -0.149. The minimum absolute atomic E-state index is 0.0440. The number of hydrogen-bond acceptors (Lipinski definition) is 4. The summed E-state index contributed by atoms with van der Waals surface area (Å²) in [6.45, 7) is 0. The highest BCUT2D eigenvalue weighted by Gasteiger charge is 2.47. The fourth-order valence-corrected chi connectivity index (χ4v) is 3.50. The van der Waals surface area contributed by atoms with E-state index in [1.807, 2.05) is 0 Å². The summed E-state index contributed by atoms with van der Waals surface area (Å²) in [6.07, 6.45) is 5.80. The molecule has 3 rings (SSSR count). The molecule has 1 heterocycles. The van der Waals surface area contributed by atoms with Crippen molar-refractivity contribution in [1.82, 2.24) is 0 Å². The van der Waals surface area contributed by atoms with E-state index in [1.165, 1.54) is 13.5 Å². The number of ether oxygens (including phenoxy) is 2. The molecule has 0 spiro atoms. The molecule has 3 atom stereocenters. The second-order valence-electron chi connectivity index (χ2n) is 5.36. The van der Waals surface area contributed by atoms with Crippen LogP contribution in [0.3, 0.4) is 0 Å². The molecule has 0 aromatic rings. The monoisotopic (exact) mass is 250 g/mol. The van der Waals surface area contributed by atoms with Crippen LogP contribution in [0.1, 0.15) is 38.5 Å². The van der Waals surface area contributed by atoms with E-state index in [1.54, 1.807) is 0 Å². The molecular formula is C14H18O4. The zero-order chi connectivity index (χ0) is 12.7. The number of methoxy groups -OCH3 is 1. The highest BCUT2D eigenvalue weighted by atomic mass is 16.5. The average molecular weight is 250 g/mol. The van der Waals surface area contributed by atoms with Crippen LogP contribution < -0.4 is 0 Å². The van der Waals surface area contributed by atoms with Crippen LogP contribution in [0.15, 0.2) is 11.3 Å². The molecule has 0 bridgehead atoms. The van der Waals surface area contributed by atoms with Crippen LogP contribution in [0.2, 0.25) is 0 Å². The molecule has 1 saturated carbocycles. The van der Waals surface area contributed by atoms with Gasteiger partial charge in [-0.1, -0.05) is 6.42 Å². The molecule has 0 N–H and O–H groups in total. The number of esters is 1. The number of fused-ring (bicyclic) bond motifs is 2. The van der Waals surface area contributed by atoms with Gasteiger partial charge in [-0.05, 0) is 25.7 Å². The smallest absolute Gasteiger partial charge is 0.316 e. The summed E-state index contributed by atoms with van der Waals surface area (Å²) in [6, 6.07) is 0. The van der Waals surface area contributed by atoms with Crippen LogP contribution in [-0.4, -0.2) is 25.0 Å². The van der Waals surface area contributed by atoms with Gasteiger partial charge < -0.3 is 9.47 Å². The van der Waals surface area contributed by atoms with E-state index < -0.39 is 11.9 Å². The predicted molar refractivity (Wildman–Crippen MR) is 63.6 cm³/mol. The van der Waals surface area contributed by atoms with Gasteiger partial charge in [0.25, 0.3) is 0 Å². The maximum atomic E-state index is 12.4. The summed E-state index contributed by atoms with van der Waals surface area (Å²) in [5.41, 5.74) is 0.807. The number of Topliss-reactive ketones (excluding diaryl/α,β-unsaturated/α-hetero) is 1. The van der Waals surface area contributed by atoms with Gasteiger partial charge in [-0.2, -0.15) is 0 Å². The Balaban J connectivity index is 1.87. The van der Waals surface area contributed by atoms with E-state index in [4.69, 9.17) is 9.47 Å². The fourth-order valence-electron chi connectivity index (χ4n) is 3.50. The van der Waals surface area contributed by atoms with E-state index in [0.717, 1.165) is 30.6 Å². The van der Waals surface area contributed by atoms with E-state index >= 15 is 0 Å². The lowest BCUT2D eigenvalue weighted by Crippen LogP contribution is -2.33. The standard InChI is InChI=1S/C14H18O4/c1-17-14(16)9-6-7-11-12(13(9)15)8-4-2-3-5-10(8)18-11/h8-10H,2-7H2,1H3. The zero-order valence-electron chi connectivity index (χ0n) is 10.6. The minimum Gasteiger partial charge on any atom is -0.494 e. The largest absolute Gasteiger partial charge is 0.494 e. The summed E-state index contributed by atoms with van der Waals surface area (Å²) >= 11 is 0. The summed E-state index contributed by atoms with van der Waals surface area (Å²) in [7, 11) is 1.34. The SMILES string of the molecule is COC(=O)C1CCC2=C(C1=O)C1CCCCC1O2. The molecule has 0 amide bonds. The van der Waals surface area contributed by atoms with Crippen LogP contribution in [0.4, 0.5) is 0 Å². The molecule has 1 aliphatic heterocycles. The second-order valence-corrected chi connectivity index (χ2v) is 5.36.